The Morgan fingerprint density at radius 1 is 0.346 bits per heavy atom. The molecule has 0 aliphatic heterocycles. The van der Waals surface area contributed by atoms with Gasteiger partial charge in [0.05, 0.1) is 33.4 Å². The van der Waals surface area contributed by atoms with E-state index in [0.29, 0.717) is 11.4 Å². The van der Waals surface area contributed by atoms with Gasteiger partial charge in [0.15, 0.2) is 0 Å². The van der Waals surface area contributed by atoms with Gasteiger partial charge < -0.3 is 4.57 Å². The Morgan fingerprint density at radius 3 is 1.29 bits per heavy atom. The zero-order chi connectivity index (χ0) is 34.8. The van der Waals surface area contributed by atoms with Gasteiger partial charge in [-0.05, 0) is 83.9 Å². The lowest BCUT2D eigenvalue weighted by atomic mass is 10.0. The van der Waals surface area contributed by atoms with Gasteiger partial charge in [0.1, 0.15) is 0 Å². The van der Waals surface area contributed by atoms with Gasteiger partial charge in [-0.2, -0.15) is 4.98 Å². The third-order valence-electron chi connectivity index (χ3n) is 9.89. The van der Waals surface area contributed by atoms with E-state index in [1.165, 1.54) is 15.3 Å². The summed E-state index contributed by atoms with van der Waals surface area (Å²) in [5.41, 5.74) is 7.14. The van der Waals surface area contributed by atoms with Gasteiger partial charge in [0, 0.05) is 27.2 Å². The van der Waals surface area contributed by atoms with Crippen molar-refractivity contribution in [2.24, 2.45) is 0 Å². The summed E-state index contributed by atoms with van der Waals surface area (Å²) in [4.78, 5) is 32.8. The quantitative estimate of drug-likeness (QED) is 0.183. The molecular formula is C45H29N5O2. The molecule has 0 bridgehead atoms. The van der Waals surface area contributed by atoms with Gasteiger partial charge in [0.2, 0.25) is 5.95 Å². The summed E-state index contributed by atoms with van der Waals surface area (Å²) in [5, 5.41) is 4.34. The van der Waals surface area contributed by atoms with Crippen LogP contribution in [0.25, 0.3) is 77.7 Å². The van der Waals surface area contributed by atoms with E-state index >= 15 is 0 Å². The maximum absolute atomic E-state index is 14.4. The second-order valence-electron chi connectivity index (χ2n) is 12.8. The van der Waals surface area contributed by atoms with Gasteiger partial charge in [-0.25, -0.2) is 18.7 Å². The average molecular weight is 672 g/mol. The van der Waals surface area contributed by atoms with Crippen molar-refractivity contribution in [2.45, 2.75) is 0 Å². The molecule has 246 valence electrons. The molecule has 3 aromatic heterocycles. The number of benzene rings is 7. The van der Waals surface area contributed by atoms with E-state index in [0.717, 1.165) is 54.2 Å². The summed E-state index contributed by atoms with van der Waals surface area (Å²) >= 11 is 0. The van der Waals surface area contributed by atoms with Crippen LogP contribution in [-0.4, -0.2) is 23.3 Å². The predicted molar refractivity (Wildman–Crippen MR) is 210 cm³/mol. The summed E-state index contributed by atoms with van der Waals surface area (Å²) < 4.78 is 6.88. The van der Waals surface area contributed by atoms with E-state index in [1.807, 2.05) is 65.2 Å². The highest BCUT2D eigenvalue weighted by atomic mass is 16.2. The first-order valence-corrected chi connectivity index (χ1v) is 17.2. The van der Waals surface area contributed by atoms with Crippen LogP contribution in [0.2, 0.25) is 0 Å². The third-order valence-corrected chi connectivity index (χ3v) is 9.89. The maximum Gasteiger partial charge on any atom is 0.359 e. The minimum atomic E-state index is -0.649. The molecule has 0 radical (unpaired) electrons. The molecule has 0 unspecified atom stereocenters. The Morgan fingerprint density at radius 2 is 0.750 bits per heavy atom. The van der Waals surface area contributed by atoms with Crippen molar-refractivity contribution in [3.8, 4) is 34.1 Å². The van der Waals surface area contributed by atoms with Crippen LogP contribution in [-0.2, 0) is 0 Å². The molecule has 0 atom stereocenters. The molecule has 7 nitrogen and oxygen atoms in total. The van der Waals surface area contributed by atoms with E-state index in [1.54, 1.807) is 24.3 Å². The fraction of sp³-hybridized carbons (Fsp3) is 0. The van der Waals surface area contributed by atoms with Crippen LogP contribution in [0.15, 0.2) is 186 Å². The highest BCUT2D eigenvalue weighted by Crippen LogP contribution is 2.38. The Hall–Kier alpha value is -7.25. The van der Waals surface area contributed by atoms with Crippen molar-refractivity contribution in [3.05, 3.63) is 197 Å². The molecule has 7 aromatic carbocycles. The minimum absolute atomic E-state index is 0.225. The number of nitrogens with zero attached hydrogens (tertiary/aromatic N) is 5. The zero-order valence-corrected chi connectivity index (χ0v) is 27.8. The van der Waals surface area contributed by atoms with Crippen molar-refractivity contribution in [1.82, 2.24) is 23.3 Å². The van der Waals surface area contributed by atoms with Crippen LogP contribution in [0.1, 0.15) is 0 Å². The standard InChI is InChI=1S/C45H29N5O2/c51-44-46-43(48(33-16-6-2-7-17-33)45(52)49(44)34-18-8-3-9-19-34)50-40-23-13-11-21-36(40)38-29-31(25-27-42(38)50)30-24-26-41-37(28-30)35-20-10-12-22-39(35)47(41)32-14-4-1-5-15-32/h1-29H. The molecule has 0 spiro atoms. The van der Waals surface area contributed by atoms with Crippen molar-refractivity contribution >= 4 is 43.6 Å². The average Bonchev–Trinajstić information content (AvgIpc) is 3.71. The monoisotopic (exact) mass is 671 g/mol. The number of hydrogen-bond donors (Lipinski definition) is 0. The number of para-hydroxylation sites is 5. The first-order chi connectivity index (χ1) is 25.7. The van der Waals surface area contributed by atoms with Gasteiger partial charge in [-0.1, -0.05) is 103 Å². The molecule has 0 fully saturated rings. The van der Waals surface area contributed by atoms with Crippen LogP contribution in [0, 0.1) is 0 Å². The molecule has 10 aromatic rings. The predicted octanol–water partition coefficient (Wildman–Crippen LogP) is 9.24. The lowest BCUT2D eigenvalue weighted by Gasteiger charge is -2.16. The van der Waals surface area contributed by atoms with E-state index < -0.39 is 11.4 Å². The van der Waals surface area contributed by atoms with Crippen molar-refractivity contribution in [2.75, 3.05) is 0 Å². The SMILES string of the molecule is O=c1nc(-n2c3ccccc3c3cc(-c4ccc5c(c4)c4ccccc4n5-c4ccccc4)ccc32)n(-c2ccccc2)c(=O)n1-c1ccccc1. The summed E-state index contributed by atoms with van der Waals surface area (Å²) in [6, 6.07) is 58.3. The van der Waals surface area contributed by atoms with Crippen molar-refractivity contribution in [1.29, 1.82) is 0 Å². The smallest absolute Gasteiger partial charge is 0.309 e. The van der Waals surface area contributed by atoms with Crippen LogP contribution < -0.4 is 11.4 Å². The first-order valence-electron chi connectivity index (χ1n) is 17.2. The number of fused-ring (bicyclic) bond motifs is 6. The molecule has 0 amide bonds. The Labute approximate surface area is 297 Å². The van der Waals surface area contributed by atoms with E-state index in [4.69, 9.17) is 0 Å². The largest absolute Gasteiger partial charge is 0.359 e. The van der Waals surface area contributed by atoms with E-state index in [9.17, 15) is 9.59 Å². The normalized spacial score (nSPS) is 11.6. The van der Waals surface area contributed by atoms with Crippen LogP contribution >= 0.6 is 0 Å². The molecule has 3 heterocycles. The lowest BCUT2D eigenvalue weighted by molar-refractivity contribution is 0.718. The second-order valence-corrected chi connectivity index (χ2v) is 12.8. The maximum atomic E-state index is 14.4. The highest BCUT2D eigenvalue weighted by molar-refractivity contribution is 6.12. The van der Waals surface area contributed by atoms with E-state index in [2.05, 4.69) is 101 Å². The van der Waals surface area contributed by atoms with Crippen LogP contribution in [0.4, 0.5) is 0 Å². The van der Waals surface area contributed by atoms with Gasteiger partial charge in [0.25, 0.3) is 0 Å². The molecule has 0 N–H and O–H groups in total. The fourth-order valence-corrected chi connectivity index (χ4v) is 7.58. The van der Waals surface area contributed by atoms with Gasteiger partial charge >= 0.3 is 11.4 Å². The number of rotatable bonds is 5. The topological polar surface area (TPSA) is 66.8 Å². The molecule has 0 aliphatic carbocycles. The second kappa shape index (κ2) is 11.7. The number of aromatic nitrogens is 5. The molecule has 0 saturated heterocycles. The molecule has 52 heavy (non-hydrogen) atoms. The zero-order valence-electron chi connectivity index (χ0n) is 27.8. The minimum Gasteiger partial charge on any atom is -0.309 e. The molecule has 10 rings (SSSR count). The fourth-order valence-electron chi connectivity index (χ4n) is 7.58. The van der Waals surface area contributed by atoms with Gasteiger partial charge in [-0.15, -0.1) is 0 Å². The van der Waals surface area contributed by atoms with E-state index in [-0.39, 0.29) is 5.95 Å². The first kappa shape index (κ1) is 29.6. The third kappa shape index (κ3) is 4.50. The summed E-state index contributed by atoms with van der Waals surface area (Å²) in [6.45, 7) is 0. The van der Waals surface area contributed by atoms with Crippen molar-refractivity contribution in [3.63, 3.8) is 0 Å². The molecule has 0 saturated carbocycles. The Bertz CT molecular complexity index is 3100. The molecular weight excluding hydrogens is 643 g/mol. The summed E-state index contributed by atoms with van der Waals surface area (Å²) in [7, 11) is 0. The van der Waals surface area contributed by atoms with Crippen molar-refractivity contribution < 1.29 is 0 Å². The Balaban J connectivity index is 1.21. The molecule has 7 heteroatoms. The van der Waals surface area contributed by atoms with Gasteiger partial charge in [-0.3, -0.25) is 4.57 Å². The highest BCUT2D eigenvalue weighted by Gasteiger charge is 2.22. The van der Waals surface area contributed by atoms with Crippen LogP contribution in [0.5, 0.6) is 0 Å². The number of hydrogen-bond acceptors (Lipinski definition) is 3. The molecule has 0 aliphatic rings. The van der Waals surface area contributed by atoms with Crippen LogP contribution in [0.3, 0.4) is 0 Å². The summed E-state index contributed by atoms with van der Waals surface area (Å²) in [5.74, 6) is 0.225. The Kier molecular flexibility index (Phi) is 6.66. The lowest BCUT2D eigenvalue weighted by Crippen LogP contribution is -2.41. The summed E-state index contributed by atoms with van der Waals surface area (Å²) in [6.07, 6.45) is 0.